The summed E-state index contributed by atoms with van der Waals surface area (Å²) in [7, 11) is 0. The number of anilines is 1. The Hall–Kier alpha value is -2.41. The van der Waals surface area contributed by atoms with Crippen LogP contribution >= 0.6 is 0 Å². The number of piperazine rings is 1. The van der Waals surface area contributed by atoms with Crippen molar-refractivity contribution in [1.82, 2.24) is 14.7 Å². The quantitative estimate of drug-likeness (QED) is 0.758. The lowest BCUT2D eigenvalue weighted by molar-refractivity contribution is -0.137. The minimum atomic E-state index is -0.223. The minimum absolute atomic E-state index is 0.0773. The molecule has 0 bridgehead atoms. The van der Waals surface area contributed by atoms with E-state index in [1.54, 1.807) is 4.90 Å². The van der Waals surface area contributed by atoms with E-state index >= 15 is 0 Å². The number of para-hydroxylation sites is 1. The Morgan fingerprint density at radius 2 is 1.79 bits per heavy atom. The molecule has 3 aliphatic rings. The summed E-state index contributed by atoms with van der Waals surface area (Å²) < 4.78 is 0. The van der Waals surface area contributed by atoms with Gasteiger partial charge in [-0.15, -0.1) is 0 Å². The normalized spacial score (nSPS) is 22.5. The number of carbonyl (C=O) groups is 3. The first-order valence-electron chi connectivity index (χ1n) is 10.6. The Bertz CT molecular complexity index is 801. The van der Waals surface area contributed by atoms with Crippen LogP contribution < -0.4 is 4.90 Å². The topological polar surface area (TPSA) is 64.2 Å². The zero-order valence-corrected chi connectivity index (χ0v) is 17.3. The largest absolute Gasteiger partial charge is 0.340 e. The van der Waals surface area contributed by atoms with E-state index in [0.29, 0.717) is 45.7 Å². The molecular weight excluding hydrogens is 368 g/mol. The highest BCUT2D eigenvalue weighted by Gasteiger charge is 2.38. The summed E-state index contributed by atoms with van der Waals surface area (Å²) in [4.78, 5) is 45.4. The van der Waals surface area contributed by atoms with Crippen LogP contribution in [0.4, 0.5) is 5.69 Å². The first-order valence-corrected chi connectivity index (χ1v) is 10.6. The van der Waals surface area contributed by atoms with Crippen LogP contribution in [0.5, 0.6) is 0 Å². The number of fused-ring (bicyclic) bond motifs is 1. The van der Waals surface area contributed by atoms with Crippen molar-refractivity contribution in [2.45, 2.75) is 32.7 Å². The molecule has 0 radical (unpaired) electrons. The molecule has 3 heterocycles. The van der Waals surface area contributed by atoms with E-state index < -0.39 is 0 Å². The Labute approximate surface area is 172 Å². The molecule has 7 heteroatoms. The van der Waals surface area contributed by atoms with Gasteiger partial charge in [0.2, 0.25) is 17.7 Å². The number of hydrogen-bond acceptors (Lipinski definition) is 4. The zero-order valence-electron chi connectivity index (χ0n) is 17.3. The van der Waals surface area contributed by atoms with E-state index in [4.69, 9.17) is 0 Å². The second-order valence-corrected chi connectivity index (χ2v) is 8.57. The molecule has 156 valence electrons. The Morgan fingerprint density at radius 3 is 2.48 bits per heavy atom. The van der Waals surface area contributed by atoms with Crippen molar-refractivity contribution in [1.29, 1.82) is 0 Å². The summed E-state index contributed by atoms with van der Waals surface area (Å²) in [6.45, 7) is 8.27. The van der Waals surface area contributed by atoms with Crippen molar-refractivity contribution in [2.75, 3.05) is 50.7 Å². The first-order chi connectivity index (χ1) is 13.9. The highest BCUT2D eigenvalue weighted by Crippen LogP contribution is 2.27. The molecular formula is C22H30N4O3. The van der Waals surface area contributed by atoms with Crippen LogP contribution in [0.3, 0.4) is 0 Å². The van der Waals surface area contributed by atoms with E-state index in [-0.39, 0.29) is 29.7 Å². The van der Waals surface area contributed by atoms with Crippen molar-refractivity contribution in [3.8, 4) is 0 Å². The van der Waals surface area contributed by atoms with Gasteiger partial charge in [-0.25, -0.2) is 0 Å². The molecule has 7 nitrogen and oxygen atoms in total. The molecule has 0 saturated carbocycles. The van der Waals surface area contributed by atoms with Gasteiger partial charge in [-0.1, -0.05) is 18.2 Å². The summed E-state index contributed by atoms with van der Waals surface area (Å²) in [5.74, 6) is 0.0669. The van der Waals surface area contributed by atoms with Gasteiger partial charge in [-0.2, -0.15) is 0 Å². The summed E-state index contributed by atoms with van der Waals surface area (Å²) >= 11 is 0. The van der Waals surface area contributed by atoms with Crippen LogP contribution in [-0.4, -0.2) is 84.3 Å². The maximum absolute atomic E-state index is 12.8. The number of carbonyl (C=O) groups excluding carboxylic acids is 3. The van der Waals surface area contributed by atoms with Gasteiger partial charge in [-0.3, -0.25) is 19.3 Å². The number of benzene rings is 1. The number of amides is 3. The molecule has 3 aliphatic heterocycles. The van der Waals surface area contributed by atoms with Crippen LogP contribution in [-0.2, 0) is 20.8 Å². The van der Waals surface area contributed by atoms with E-state index in [0.717, 1.165) is 18.7 Å². The average Bonchev–Trinajstić information content (AvgIpc) is 3.32. The summed E-state index contributed by atoms with van der Waals surface area (Å²) in [6, 6.07) is 8.23. The standard InChI is InChI=1S/C22H30N4O3/c1-16(2)26-14-18(13-20(26)27)22(29)24-11-9-23(10-12-24)15-21(28)25-8-7-17-5-3-4-6-19(17)25/h3-6,16,18H,7-15H2,1-2H3. The van der Waals surface area contributed by atoms with Crippen molar-refractivity contribution >= 4 is 23.4 Å². The van der Waals surface area contributed by atoms with Crippen LogP contribution in [0.25, 0.3) is 0 Å². The van der Waals surface area contributed by atoms with Crippen LogP contribution in [0, 0.1) is 5.92 Å². The number of rotatable bonds is 4. The second-order valence-electron chi connectivity index (χ2n) is 8.57. The lowest BCUT2D eigenvalue weighted by Gasteiger charge is -2.36. The van der Waals surface area contributed by atoms with Gasteiger partial charge in [0.25, 0.3) is 0 Å². The summed E-state index contributed by atoms with van der Waals surface area (Å²) in [6.07, 6.45) is 1.24. The Kier molecular flexibility index (Phi) is 5.58. The van der Waals surface area contributed by atoms with Crippen molar-refractivity contribution in [3.63, 3.8) is 0 Å². The molecule has 4 rings (SSSR count). The SMILES string of the molecule is CC(C)N1CC(C(=O)N2CCN(CC(=O)N3CCc4ccccc43)CC2)CC1=O. The van der Waals surface area contributed by atoms with Crippen LogP contribution in [0.15, 0.2) is 24.3 Å². The van der Waals surface area contributed by atoms with Gasteiger partial charge in [0.15, 0.2) is 0 Å². The van der Waals surface area contributed by atoms with E-state index in [2.05, 4.69) is 11.0 Å². The van der Waals surface area contributed by atoms with Crippen molar-refractivity contribution < 1.29 is 14.4 Å². The fourth-order valence-electron chi connectivity index (χ4n) is 4.65. The van der Waals surface area contributed by atoms with Gasteiger partial charge in [0.1, 0.15) is 0 Å². The summed E-state index contributed by atoms with van der Waals surface area (Å²) in [5.41, 5.74) is 2.27. The Balaban J connectivity index is 1.27. The fraction of sp³-hybridized carbons (Fsp3) is 0.591. The molecule has 1 unspecified atom stereocenters. The van der Waals surface area contributed by atoms with Gasteiger partial charge >= 0.3 is 0 Å². The number of hydrogen-bond donors (Lipinski definition) is 0. The molecule has 1 atom stereocenters. The van der Waals surface area contributed by atoms with E-state index in [1.165, 1.54) is 5.56 Å². The van der Waals surface area contributed by atoms with Gasteiger partial charge < -0.3 is 14.7 Å². The maximum atomic E-state index is 12.8. The van der Waals surface area contributed by atoms with Crippen molar-refractivity contribution in [2.24, 2.45) is 5.92 Å². The third-order valence-corrected chi connectivity index (χ3v) is 6.36. The molecule has 29 heavy (non-hydrogen) atoms. The van der Waals surface area contributed by atoms with E-state index in [9.17, 15) is 14.4 Å². The lowest BCUT2D eigenvalue weighted by Crippen LogP contribution is -2.52. The van der Waals surface area contributed by atoms with Gasteiger partial charge in [0.05, 0.1) is 12.5 Å². The third kappa shape index (κ3) is 4.01. The average molecular weight is 399 g/mol. The lowest BCUT2D eigenvalue weighted by atomic mass is 10.1. The zero-order chi connectivity index (χ0) is 20.5. The predicted molar refractivity (Wildman–Crippen MR) is 110 cm³/mol. The maximum Gasteiger partial charge on any atom is 0.241 e. The van der Waals surface area contributed by atoms with Crippen molar-refractivity contribution in [3.05, 3.63) is 29.8 Å². The monoisotopic (exact) mass is 398 g/mol. The van der Waals surface area contributed by atoms with E-state index in [1.807, 2.05) is 41.8 Å². The molecule has 0 N–H and O–H groups in total. The van der Waals surface area contributed by atoms with Gasteiger partial charge in [-0.05, 0) is 31.9 Å². The molecule has 2 saturated heterocycles. The fourth-order valence-corrected chi connectivity index (χ4v) is 4.65. The molecule has 2 fully saturated rings. The third-order valence-electron chi connectivity index (χ3n) is 6.36. The Morgan fingerprint density at radius 1 is 1.07 bits per heavy atom. The second kappa shape index (κ2) is 8.14. The molecule has 0 aliphatic carbocycles. The predicted octanol–water partition coefficient (Wildman–Crippen LogP) is 0.977. The number of likely N-dealkylation sites (tertiary alicyclic amines) is 1. The van der Waals surface area contributed by atoms with Crippen LogP contribution in [0.2, 0.25) is 0 Å². The molecule has 0 aromatic heterocycles. The van der Waals surface area contributed by atoms with Crippen LogP contribution in [0.1, 0.15) is 25.8 Å². The summed E-state index contributed by atoms with van der Waals surface area (Å²) in [5, 5.41) is 0. The number of nitrogens with zero attached hydrogens (tertiary/aromatic N) is 4. The molecule has 0 spiro atoms. The highest BCUT2D eigenvalue weighted by atomic mass is 16.2. The molecule has 3 amide bonds. The highest BCUT2D eigenvalue weighted by molar-refractivity contribution is 5.96. The van der Waals surface area contributed by atoms with Gasteiger partial charge in [0, 0.05) is 57.4 Å². The smallest absolute Gasteiger partial charge is 0.241 e. The first kappa shape index (κ1) is 19.9. The minimum Gasteiger partial charge on any atom is -0.340 e. The molecule has 1 aromatic carbocycles. The molecule has 1 aromatic rings.